The number of nitrogens with one attached hydrogen (secondary N) is 1. The van der Waals surface area contributed by atoms with E-state index < -0.39 is 0 Å². The van der Waals surface area contributed by atoms with Gasteiger partial charge in [0.1, 0.15) is 10.8 Å². The summed E-state index contributed by atoms with van der Waals surface area (Å²) in [6, 6.07) is 24.7. The summed E-state index contributed by atoms with van der Waals surface area (Å²) in [5, 5.41) is 4.46. The Morgan fingerprint density at radius 1 is 0.967 bits per heavy atom. The molecule has 0 aliphatic rings. The van der Waals surface area contributed by atoms with Gasteiger partial charge in [-0.2, -0.15) is 0 Å². The third kappa shape index (κ3) is 4.87. The van der Waals surface area contributed by atoms with Gasteiger partial charge in [-0.1, -0.05) is 54.1 Å². The molecule has 1 heterocycles. The van der Waals surface area contributed by atoms with Gasteiger partial charge in [-0.3, -0.25) is 4.79 Å². The van der Waals surface area contributed by atoms with Crippen LogP contribution in [0.25, 0.3) is 21.8 Å². The van der Waals surface area contributed by atoms with Crippen molar-refractivity contribution in [3.63, 3.8) is 0 Å². The largest absolute Gasteiger partial charge is 0.484 e. The maximum absolute atomic E-state index is 12.1. The number of halogens is 1. The lowest BCUT2D eigenvalue weighted by Crippen LogP contribution is -2.20. The standard InChI is InChI=1S/C24H19ClN2O2S/c1-16-23(27-24(30-16)18-5-3-2-4-6-18)17-7-11-20(12-8-17)26-22(28)15-29-21-13-9-19(25)10-14-21/h2-14H,15H2,1H3,(H,26,28). The van der Waals surface area contributed by atoms with Crippen LogP contribution in [0.3, 0.4) is 0 Å². The van der Waals surface area contributed by atoms with E-state index in [-0.39, 0.29) is 12.5 Å². The third-order valence-corrected chi connectivity index (χ3v) is 5.71. The molecule has 1 aromatic heterocycles. The zero-order valence-electron chi connectivity index (χ0n) is 16.3. The predicted molar refractivity (Wildman–Crippen MR) is 123 cm³/mol. The van der Waals surface area contributed by atoms with E-state index >= 15 is 0 Å². The first-order valence-electron chi connectivity index (χ1n) is 9.40. The Kier molecular flexibility index (Phi) is 6.12. The number of anilines is 1. The number of aryl methyl sites for hydroxylation is 1. The summed E-state index contributed by atoms with van der Waals surface area (Å²) >= 11 is 7.52. The SMILES string of the molecule is Cc1sc(-c2ccccc2)nc1-c1ccc(NC(=O)COc2ccc(Cl)cc2)cc1. The average Bonchev–Trinajstić information content (AvgIpc) is 3.16. The van der Waals surface area contributed by atoms with Crippen LogP contribution < -0.4 is 10.1 Å². The number of nitrogens with zero attached hydrogens (tertiary/aromatic N) is 1. The highest BCUT2D eigenvalue weighted by molar-refractivity contribution is 7.15. The molecule has 1 N–H and O–H groups in total. The average molecular weight is 435 g/mol. The Labute approximate surface area is 184 Å². The smallest absolute Gasteiger partial charge is 0.262 e. The first-order chi connectivity index (χ1) is 14.6. The lowest BCUT2D eigenvalue weighted by molar-refractivity contribution is -0.118. The molecule has 0 aliphatic heterocycles. The van der Waals surface area contributed by atoms with Gasteiger partial charge in [-0.15, -0.1) is 11.3 Å². The third-order valence-electron chi connectivity index (χ3n) is 4.44. The molecular formula is C24H19ClN2O2S. The van der Waals surface area contributed by atoms with Crippen LogP contribution in [-0.2, 0) is 4.79 Å². The van der Waals surface area contributed by atoms with Crippen molar-refractivity contribution in [1.29, 1.82) is 0 Å². The number of carbonyl (C=O) groups excluding carboxylic acids is 1. The predicted octanol–water partition coefficient (Wildman–Crippen LogP) is 6.46. The van der Waals surface area contributed by atoms with Gasteiger partial charge < -0.3 is 10.1 Å². The fraction of sp³-hybridized carbons (Fsp3) is 0.0833. The summed E-state index contributed by atoms with van der Waals surface area (Å²) < 4.78 is 5.47. The van der Waals surface area contributed by atoms with Gasteiger partial charge in [0.15, 0.2) is 6.61 Å². The number of benzene rings is 3. The molecule has 0 atom stereocenters. The number of aromatic nitrogens is 1. The molecule has 0 unspecified atom stereocenters. The molecule has 4 rings (SSSR count). The highest BCUT2D eigenvalue weighted by Crippen LogP contribution is 2.33. The number of amides is 1. The molecule has 30 heavy (non-hydrogen) atoms. The Balaban J connectivity index is 1.40. The van der Waals surface area contributed by atoms with Crippen molar-refractivity contribution in [3.05, 3.63) is 88.8 Å². The Hall–Kier alpha value is -3.15. The first-order valence-corrected chi connectivity index (χ1v) is 10.6. The minimum Gasteiger partial charge on any atom is -0.484 e. The number of carbonyl (C=O) groups is 1. The maximum atomic E-state index is 12.1. The van der Waals surface area contributed by atoms with Crippen LogP contribution in [0.2, 0.25) is 5.02 Å². The molecule has 0 radical (unpaired) electrons. The van der Waals surface area contributed by atoms with Crippen LogP contribution in [-0.4, -0.2) is 17.5 Å². The number of rotatable bonds is 6. The molecule has 0 saturated heterocycles. The van der Waals surface area contributed by atoms with E-state index in [9.17, 15) is 4.79 Å². The summed E-state index contributed by atoms with van der Waals surface area (Å²) in [4.78, 5) is 18.1. The fourth-order valence-electron chi connectivity index (χ4n) is 2.96. The summed E-state index contributed by atoms with van der Waals surface area (Å²) in [5.74, 6) is 0.368. The minimum atomic E-state index is -0.228. The van der Waals surface area contributed by atoms with Crippen LogP contribution >= 0.6 is 22.9 Å². The molecule has 0 fully saturated rings. The fourth-order valence-corrected chi connectivity index (χ4v) is 4.02. The molecule has 1 amide bonds. The first kappa shape index (κ1) is 20.1. The van der Waals surface area contributed by atoms with Gasteiger partial charge >= 0.3 is 0 Å². The minimum absolute atomic E-state index is 0.0744. The summed E-state index contributed by atoms with van der Waals surface area (Å²) in [6.07, 6.45) is 0. The molecule has 0 aliphatic carbocycles. The molecule has 0 saturated carbocycles. The van der Waals surface area contributed by atoms with Crippen molar-refractivity contribution in [3.8, 4) is 27.6 Å². The second-order valence-corrected chi connectivity index (χ2v) is 8.30. The van der Waals surface area contributed by atoms with E-state index in [1.807, 2.05) is 42.5 Å². The quantitative estimate of drug-likeness (QED) is 0.379. The van der Waals surface area contributed by atoms with Crippen molar-refractivity contribution in [2.75, 3.05) is 11.9 Å². The van der Waals surface area contributed by atoms with E-state index in [4.69, 9.17) is 21.3 Å². The zero-order valence-corrected chi connectivity index (χ0v) is 17.8. The Bertz CT molecular complexity index is 1140. The second-order valence-electron chi connectivity index (χ2n) is 6.66. The van der Waals surface area contributed by atoms with Gasteiger partial charge in [-0.25, -0.2) is 4.98 Å². The second kappa shape index (κ2) is 9.11. The number of thiazole rings is 1. The monoisotopic (exact) mass is 434 g/mol. The van der Waals surface area contributed by atoms with Crippen molar-refractivity contribution < 1.29 is 9.53 Å². The van der Waals surface area contributed by atoms with Gasteiger partial charge in [0, 0.05) is 26.7 Å². The highest BCUT2D eigenvalue weighted by Gasteiger charge is 2.12. The molecule has 0 spiro atoms. The van der Waals surface area contributed by atoms with Crippen molar-refractivity contribution in [2.45, 2.75) is 6.92 Å². The van der Waals surface area contributed by atoms with E-state index in [1.165, 1.54) is 0 Å². The molecule has 150 valence electrons. The molecule has 4 nitrogen and oxygen atoms in total. The number of hydrogen-bond acceptors (Lipinski definition) is 4. The molecule has 4 aromatic rings. The van der Waals surface area contributed by atoms with Gasteiger partial charge in [0.2, 0.25) is 0 Å². The van der Waals surface area contributed by atoms with Gasteiger partial charge in [-0.05, 0) is 43.3 Å². The highest BCUT2D eigenvalue weighted by atomic mass is 35.5. The van der Waals surface area contributed by atoms with E-state index in [0.29, 0.717) is 16.5 Å². The molecular weight excluding hydrogens is 416 g/mol. The normalized spacial score (nSPS) is 10.6. The van der Waals surface area contributed by atoms with Gasteiger partial charge in [0.05, 0.1) is 5.69 Å². The van der Waals surface area contributed by atoms with Crippen LogP contribution in [0.4, 0.5) is 5.69 Å². The Morgan fingerprint density at radius 2 is 1.67 bits per heavy atom. The lowest BCUT2D eigenvalue weighted by atomic mass is 10.1. The zero-order chi connectivity index (χ0) is 20.9. The molecule has 0 bridgehead atoms. The van der Waals surface area contributed by atoms with Crippen molar-refractivity contribution in [2.24, 2.45) is 0 Å². The maximum Gasteiger partial charge on any atom is 0.262 e. The molecule has 3 aromatic carbocycles. The summed E-state index contributed by atoms with van der Waals surface area (Å²) in [7, 11) is 0. The van der Waals surface area contributed by atoms with Crippen molar-refractivity contribution >= 4 is 34.5 Å². The summed E-state index contributed by atoms with van der Waals surface area (Å²) in [6.45, 7) is 2.00. The Morgan fingerprint density at radius 3 is 2.37 bits per heavy atom. The van der Waals surface area contributed by atoms with Crippen LogP contribution in [0, 0.1) is 6.92 Å². The number of ether oxygens (including phenoxy) is 1. The van der Waals surface area contributed by atoms with Crippen LogP contribution in [0.5, 0.6) is 5.75 Å². The van der Waals surface area contributed by atoms with E-state index in [1.54, 1.807) is 35.6 Å². The molecule has 6 heteroatoms. The number of hydrogen-bond donors (Lipinski definition) is 1. The van der Waals surface area contributed by atoms with E-state index in [0.717, 1.165) is 26.7 Å². The lowest BCUT2D eigenvalue weighted by Gasteiger charge is -2.08. The van der Waals surface area contributed by atoms with Crippen molar-refractivity contribution in [1.82, 2.24) is 4.98 Å². The topological polar surface area (TPSA) is 51.2 Å². The van der Waals surface area contributed by atoms with E-state index in [2.05, 4.69) is 24.4 Å². The summed E-state index contributed by atoms with van der Waals surface area (Å²) in [5.41, 5.74) is 3.80. The van der Waals surface area contributed by atoms with Gasteiger partial charge in [0.25, 0.3) is 5.91 Å². The van der Waals surface area contributed by atoms with Crippen LogP contribution in [0.15, 0.2) is 78.9 Å². The van der Waals surface area contributed by atoms with Crippen LogP contribution in [0.1, 0.15) is 4.88 Å².